The number of nitrogens with zero attached hydrogens (tertiary/aromatic N) is 2. The number of halogens is 2. The van der Waals surface area contributed by atoms with E-state index in [1.165, 1.54) is 4.90 Å². The Morgan fingerprint density at radius 3 is 2.57 bits per heavy atom. The van der Waals surface area contributed by atoms with Crippen molar-refractivity contribution in [2.45, 2.75) is 49.5 Å². The molecule has 0 aromatic carbocycles. The second-order valence-electron chi connectivity index (χ2n) is 6.04. The van der Waals surface area contributed by atoms with Crippen molar-refractivity contribution in [3.05, 3.63) is 18.0 Å². The summed E-state index contributed by atoms with van der Waals surface area (Å²) >= 11 is 0. The Labute approximate surface area is 121 Å². The molecule has 116 valence electrons. The Morgan fingerprint density at radius 1 is 1.43 bits per heavy atom. The molecule has 21 heavy (non-hydrogen) atoms. The highest BCUT2D eigenvalue weighted by atomic mass is 19.3. The molecule has 0 bridgehead atoms. The Kier molecular flexibility index (Phi) is 3.47. The molecule has 2 fully saturated rings. The highest BCUT2D eigenvalue weighted by Gasteiger charge is 2.62. The van der Waals surface area contributed by atoms with Crippen molar-refractivity contribution in [2.24, 2.45) is 0 Å². The van der Waals surface area contributed by atoms with Crippen LogP contribution in [0.15, 0.2) is 12.3 Å². The minimum absolute atomic E-state index is 0.00362. The number of piperidine rings is 1. The van der Waals surface area contributed by atoms with Gasteiger partial charge in [-0.25, -0.2) is 0 Å². The molecule has 2 N–H and O–H groups in total. The number of hydrogen-bond acceptors (Lipinski definition) is 3. The van der Waals surface area contributed by atoms with Gasteiger partial charge in [0.25, 0.3) is 5.91 Å². The molecule has 1 aliphatic carbocycles. The summed E-state index contributed by atoms with van der Waals surface area (Å²) in [6, 6.07) is 1.87. The average Bonchev–Trinajstić information content (AvgIpc) is 2.98. The van der Waals surface area contributed by atoms with E-state index in [0.29, 0.717) is 19.3 Å². The number of carbonyl (C=O) groups excluding carboxylic acids is 1. The van der Waals surface area contributed by atoms with Crippen molar-refractivity contribution < 1.29 is 18.7 Å². The summed E-state index contributed by atoms with van der Waals surface area (Å²) in [5.74, 6) is -4.68. The smallest absolute Gasteiger partial charge is 0.352 e. The normalized spacial score (nSPS) is 22.9. The summed E-state index contributed by atoms with van der Waals surface area (Å²) < 4.78 is 28.3. The van der Waals surface area contributed by atoms with Crippen molar-refractivity contribution in [3.8, 4) is 0 Å². The number of likely N-dealkylation sites (tertiary alicyclic amines) is 1. The van der Waals surface area contributed by atoms with E-state index in [0.717, 1.165) is 5.69 Å². The zero-order valence-corrected chi connectivity index (χ0v) is 11.7. The molecule has 1 amide bonds. The number of carbonyl (C=O) groups is 1. The second-order valence-corrected chi connectivity index (χ2v) is 6.04. The van der Waals surface area contributed by atoms with E-state index < -0.39 is 17.4 Å². The van der Waals surface area contributed by atoms with Crippen LogP contribution in [-0.2, 0) is 4.79 Å². The number of hydrogen-bond donors (Lipinski definition) is 2. The fraction of sp³-hybridized carbons (Fsp3) is 0.714. The zero-order valence-electron chi connectivity index (χ0n) is 11.7. The number of amides is 1. The number of rotatable bonds is 3. The van der Waals surface area contributed by atoms with E-state index in [9.17, 15) is 18.7 Å². The molecular weight excluding hydrogens is 280 g/mol. The van der Waals surface area contributed by atoms with Gasteiger partial charge in [-0.3, -0.25) is 9.89 Å². The van der Waals surface area contributed by atoms with Gasteiger partial charge >= 0.3 is 5.92 Å². The van der Waals surface area contributed by atoms with Crippen LogP contribution in [-0.4, -0.2) is 50.7 Å². The van der Waals surface area contributed by atoms with E-state index >= 15 is 0 Å². The van der Waals surface area contributed by atoms with Gasteiger partial charge in [-0.05, 0) is 38.2 Å². The van der Waals surface area contributed by atoms with Crippen molar-refractivity contribution in [1.29, 1.82) is 0 Å². The van der Waals surface area contributed by atoms with E-state index in [1.807, 2.05) is 6.07 Å². The molecule has 5 nitrogen and oxygen atoms in total. The van der Waals surface area contributed by atoms with E-state index in [-0.39, 0.29) is 31.8 Å². The third-order valence-corrected chi connectivity index (χ3v) is 4.78. The molecule has 0 radical (unpaired) electrons. The van der Waals surface area contributed by atoms with Gasteiger partial charge < -0.3 is 10.0 Å². The molecule has 7 heteroatoms. The Balaban J connectivity index is 1.62. The summed E-state index contributed by atoms with van der Waals surface area (Å²) in [7, 11) is 0. The highest BCUT2D eigenvalue weighted by Crippen LogP contribution is 2.45. The Bertz CT molecular complexity index is 506. The summed E-state index contributed by atoms with van der Waals surface area (Å²) in [6.07, 6.45) is 3.45. The Hall–Kier alpha value is -1.50. The van der Waals surface area contributed by atoms with Crippen LogP contribution < -0.4 is 0 Å². The van der Waals surface area contributed by atoms with Gasteiger partial charge in [0.05, 0.1) is 0 Å². The SMILES string of the molecule is O=C(N1CCC(c2ccn[nH]2)CC1)C(F)(F)C1(O)CCC1. The number of aromatic amines is 1. The van der Waals surface area contributed by atoms with Crippen LogP contribution >= 0.6 is 0 Å². The first kappa shape index (κ1) is 14.4. The maximum Gasteiger partial charge on any atom is 0.352 e. The molecule has 0 atom stereocenters. The van der Waals surface area contributed by atoms with E-state index in [2.05, 4.69) is 10.2 Å². The summed E-state index contributed by atoms with van der Waals surface area (Å²) in [5.41, 5.74) is -1.16. The zero-order chi connectivity index (χ0) is 15.1. The first-order valence-electron chi connectivity index (χ1n) is 7.33. The lowest BCUT2D eigenvalue weighted by atomic mass is 9.74. The fourth-order valence-electron chi connectivity index (χ4n) is 3.11. The third-order valence-electron chi connectivity index (χ3n) is 4.78. The molecule has 1 saturated carbocycles. The standard InChI is InChI=1S/C14H19F2N3O2/c15-14(16,13(21)5-1-6-13)12(20)19-8-3-10(4-9-19)11-2-7-17-18-11/h2,7,10,21H,1,3-6,8-9H2,(H,17,18). The average molecular weight is 299 g/mol. The number of aliphatic hydroxyl groups is 1. The first-order chi connectivity index (χ1) is 9.94. The third kappa shape index (κ3) is 2.33. The van der Waals surface area contributed by atoms with Crippen molar-refractivity contribution in [1.82, 2.24) is 15.1 Å². The lowest BCUT2D eigenvalue weighted by Crippen LogP contribution is -2.62. The molecule has 1 aromatic heterocycles. The molecule has 2 aliphatic rings. The second kappa shape index (κ2) is 5.05. The fourth-order valence-corrected chi connectivity index (χ4v) is 3.11. The summed E-state index contributed by atoms with van der Waals surface area (Å²) in [5, 5.41) is 16.6. The van der Waals surface area contributed by atoms with Crippen LogP contribution in [0.3, 0.4) is 0 Å². The van der Waals surface area contributed by atoms with Crippen molar-refractivity contribution in [3.63, 3.8) is 0 Å². The first-order valence-corrected chi connectivity index (χ1v) is 7.33. The maximum absolute atomic E-state index is 14.1. The lowest BCUT2D eigenvalue weighted by molar-refractivity contribution is -0.224. The molecular formula is C14H19F2N3O2. The van der Waals surface area contributed by atoms with Crippen LogP contribution in [0.1, 0.15) is 43.7 Å². The Morgan fingerprint density at radius 2 is 2.10 bits per heavy atom. The molecule has 0 spiro atoms. The van der Waals surface area contributed by atoms with Crippen LogP contribution in [0.5, 0.6) is 0 Å². The van der Waals surface area contributed by atoms with Crippen molar-refractivity contribution in [2.75, 3.05) is 13.1 Å². The highest BCUT2D eigenvalue weighted by molar-refractivity contribution is 5.85. The topological polar surface area (TPSA) is 69.2 Å². The number of aromatic nitrogens is 2. The number of alkyl halides is 2. The van der Waals surface area contributed by atoms with Gasteiger partial charge in [-0.2, -0.15) is 13.9 Å². The largest absolute Gasteiger partial charge is 0.383 e. The van der Waals surface area contributed by atoms with Gasteiger partial charge in [0.2, 0.25) is 0 Å². The van der Waals surface area contributed by atoms with Crippen LogP contribution in [0, 0.1) is 0 Å². The summed E-state index contributed by atoms with van der Waals surface area (Å²) in [6.45, 7) is 0.572. The molecule has 1 aromatic rings. The van der Waals surface area contributed by atoms with Gasteiger partial charge in [0, 0.05) is 30.9 Å². The maximum atomic E-state index is 14.1. The van der Waals surface area contributed by atoms with E-state index in [1.54, 1.807) is 6.20 Å². The number of nitrogens with one attached hydrogen (secondary N) is 1. The molecule has 1 aliphatic heterocycles. The molecule has 2 heterocycles. The molecule has 1 saturated heterocycles. The predicted octanol–water partition coefficient (Wildman–Crippen LogP) is 1.67. The molecule has 0 unspecified atom stereocenters. The van der Waals surface area contributed by atoms with Crippen LogP contribution in [0.2, 0.25) is 0 Å². The minimum atomic E-state index is -3.67. The number of H-pyrrole nitrogens is 1. The van der Waals surface area contributed by atoms with Crippen LogP contribution in [0.4, 0.5) is 8.78 Å². The van der Waals surface area contributed by atoms with Gasteiger partial charge in [-0.1, -0.05) is 0 Å². The summed E-state index contributed by atoms with van der Waals surface area (Å²) in [4.78, 5) is 13.2. The van der Waals surface area contributed by atoms with Gasteiger partial charge in [-0.15, -0.1) is 0 Å². The van der Waals surface area contributed by atoms with Gasteiger partial charge in [0.1, 0.15) is 5.60 Å². The van der Waals surface area contributed by atoms with E-state index in [4.69, 9.17) is 0 Å². The predicted molar refractivity (Wildman–Crippen MR) is 70.9 cm³/mol. The van der Waals surface area contributed by atoms with Crippen LogP contribution in [0.25, 0.3) is 0 Å². The van der Waals surface area contributed by atoms with Gasteiger partial charge in [0.15, 0.2) is 0 Å². The quantitative estimate of drug-likeness (QED) is 0.892. The lowest BCUT2D eigenvalue weighted by Gasteiger charge is -2.44. The van der Waals surface area contributed by atoms with Crippen molar-refractivity contribution >= 4 is 5.91 Å². The monoisotopic (exact) mass is 299 g/mol. The molecule has 3 rings (SSSR count). The minimum Gasteiger partial charge on any atom is -0.383 e.